The predicted octanol–water partition coefficient (Wildman–Crippen LogP) is 2.69. The summed E-state index contributed by atoms with van der Waals surface area (Å²) < 4.78 is 25.4. The van der Waals surface area contributed by atoms with Crippen molar-refractivity contribution in [3.05, 3.63) is 29.8 Å². The first-order chi connectivity index (χ1) is 9.35. The van der Waals surface area contributed by atoms with E-state index < -0.39 is 36.6 Å². The molecule has 0 aromatic heterocycles. The molecule has 1 aromatic rings. The molecule has 0 heterocycles. The Morgan fingerprint density at radius 2 is 2.05 bits per heavy atom. The molecule has 1 aliphatic carbocycles. The molecule has 20 heavy (non-hydrogen) atoms. The molecule has 0 spiro atoms. The lowest BCUT2D eigenvalue weighted by molar-refractivity contribution is -0.145. The number of anilines is 1. The molecule has 0 unspecified atom stereocenters. The van der Waals surface area contributed by atoms with Crippen LogP contribution in [-0.4, -0.2) is 22.9 Å². The second-order valence-electron chi connectivity index (χ2n) is 5.04. The number of carboxylic acids is 1. The Kier molecular flexibility index (Phi) is 4.01. The summed E-state index contributed by atoms with van der Waals surface area (Å²) in [7, 11) is 0. The van der Waals surface area contributed by atoms with Gasteiger partial charge < -0.3 is 10.4 Å². The van der Waals surface area contributed by atoms with E-state index in [4.69, 9.17) is 5.11 Å². The van der Waals surface area contributed by atoms with Crippen LogP contribution >= 0.6 is 0 Å². The number of amides is 1. The zero-order chi connectivity index (χ0) is 14.8. The summed E-state index contributed by atoms with van der Waals surface area (Å²) in [6.07, 6.45) is -0.443. The molecule has 2 N–H and O–H groups in total. The van der Waals surface area contributed by atoms with Gasteiger partial charge in [0.1, 0.15) is 0 Å². The number of carbonyl (C=O) groups is 2. The number of alkyl halides is 2. The lowest BCUT2D eigenvalue weighted by Crippen LogP contribution is -2.42. The Morgan fingerprint density at radius 3 is 2.65 bits per heavy atom. The molecule has 1 aliphatic rings. The molecular weight excluding hydrogens is 268 g/mol. The first-order valence-electron chi connectivity index (χ1n) is 6.35. The zero-order valence-electron chi connectivity index (χ0n) is 10.7. The number of benzene rings is 1. The van der Waals surface area contributed by atoms with Crippen molar-refractivity contribution in [3.8, 4) is 0 Å². The van der Waals surface area contributed by atoms with Gasteiger partial charge in [0.15, 0.2) is 0 Å². The summed E-state index contributed by atoms with van der Waals surface area (Å²) >= 11 is 0. The van der Waals surface area contributed by atoms with Crippen LogP contribution in [0.5, 0.6) is 0 Å². The smallest absolute Gasteiger partial charge is 0.303 e. The predicted molar refractivity (Wildman–Crippen MR) is 68.7 cm³/mol. The minimum atomic E-state index is -2.72. The average Bonchev–Trinajstić information content (AvgIpc) is 2.33. The van der Waals surface area contributed by atoms with Crippen molar-refractivity contribution in [2.24, 2.45) is 5.92 Å². The van der Waals surface area contributed by atoms with E-state index in [-0.39, 0.29) is 6.42 Å². The number of rotatable bonds is 5. The standard InChI is InChI=1S/C14H15F2NO3/c15-14(16)7-10(8-14)13(20)17-11-3-1-2-9(6-11)4-5-12(18)19/h1-3,6,10H,4-5,7-8H2,(H,17,20)(H,18,19). The first kappa shape index (κ1) is 14.4. The molecular formula is C14H15F2NO3. The lowest BCUT2D eigenvalue weighted by atomic mass is 9.81. The van der Waals surface area contributed by atoms with Gasteiger partial charge in [-0.15, -0.1) is 0 Å². The quantitative estimate of drug-likeness (QED) is 0.873. The third kappa shape index (κ3) is 3.76. The Labute approximate surface area is 114 Å². The maximum absolute atomic E-state index is 12.7. The second kappa shape index (κ2) is 5.56. The molecule has 1 aromatic carbocycles. The number of hydrogen-bond donors (Lipinski definition) is 2. The van der Waals surface area contributed by atoms with Gasteiger partial charge in [-0.3, -0.25) is 9.59 Å². The summed E-state index contributed by atoms with van der Waals surface area (Å²) in [5.74, 6) is -4.67. The van der Waals surface area contributed by atoms with Crippen LogP contribution in [0, 0.1) is 5.92 Å². The maximum atomic E-state index is 12.7. The number of aliphatic carboxylic acids is 1. The summed E-state index contributed by atoms with van der Waals surface area (Å²) in [5, 5.41) is 11.2. The molecule has 1 saturated carbocycles. The topological polar surface area (TPSA) is 66.4 Å². The van der Waals surface area contributed by atoms with Crippen molar-refractivity contribution in [2.45, 2.75) is 31.6 Å². The summed E-state index contributed by atoms with van der Waals surface area (Å²) in [6.45, 7) is 0. The van der Waals surface area contributed by atoms with E-state index in [2.05, 4.69) is 5.32 Å². The first-order valence-corrected chi connectivity index (χ1v) is 6.35. The molecule has 2 rings (SSSR count). The minimum absolute atomic E-state index is 0.00620. The molecule has 0 aliphatic heterocycles. The van der Waals surface area contributed by atoms with E-state index >= 15 is 0 Å². The molecule has 0 saturated heterocycles. The van der Waals surface area contributed by atoms with Crippen molar-refractivity contribution in [1.82, 2.24) is 0 Å². The highest BCUT2D eigenvalue weighted by Crippen LogP contribution is 2.42. The van der Waals surface area contributed by atoms with Crippen molar-refractivity contribution in [3.63, 3.8) is 0 Å². The van der Waals surface area contributed by atoms with Gasteiger partial charge in [-0.1, -0.05) is 12.1 Å². The molecule has 0 atom stereocenters. The average molecular weight is 283 g/mol. The van der Waals surface area contributed by atoms with Gasteiger partial charge in [0.2, 0.25) is 11.8 Å². The number of aryl methyl sites for hydroxylation is 1. The van der Waals surface area contributed by atoms with Crippen molar-refractivity contribution >= 4 is 17.6 Å². The Morgan fingerprint density at radius 1 is 1.35 bits per heavy atom. The largest absolute Gasteiger partial charge is 0.481 e. The monoisotopic (exact) mass is 283 g/mol. The highest BCUT2D eigenvalue weighted by molar-refractivity contribution is 5.93. The summed E-state index contributed by atoms with van der Waals surface area (Å²) in [6, 6.07) is 6.77. The summed E-state index contributed by atoms with van der Waals surface area (Å²) in [4.78, 5) is 22.2. The van der Waals surface area contributed by atoms with Gasteiger partial charge in [-0.05, 0) is 24.1 Å². The van der Waals surface area contributed by atoms with Crippen LogP contribution in [0.25, 0.3) is 0 Å². The van der Waals surface area contributed by atoms with Crippen LogP contribution in [-0.2, 0) is 16.0 Å². The highest BCUT2D eigenvalue weighted by atomic mass is 19.3. The van der Waals surface area contributed by atoms with E-state index in [9.17, 15) is 18.4 Å². The van der Waals surface area contributed by atoms with E-state index in [0.717, 1.165) is 5.56 Å². The van der Waals surface area contributed by atoms with Crippen molar-refractivity contribution < 1.29 is 23.5 Å². The molecule has 0 radical (unpaired) electrons. The minimum Gasteiger partial charge on any atom is -0.481 e. The van der Waals surface area contributed by atoms with Crippen LogP contribution in [0.15, 0.2) is 24.3 Å². The number of hydrogen-bond acceptors (Lipinski definition) is 2. The number of nitrogens with one attached hydrogen (secondary N) is 1. The second-order valence-corrected chi connectivity index (χ2v) is 5.04. The normalized spacial score (nSPS) is 17.3. The van der Waals surface area contributed by atoms with E-state index in [1.54, 1.807) is 24.3 Å². The molecule has 4 nitrogen and oxygen atoms in total. The molecule has 1 fully saturated rings. The zero-order valence-corrected chi connectivity index (χ0v) is 10.7. The highest BCUT2D eigenvalue weighted by Gasteiger charge is 2.48. The third-order valence-corrected chi connectivity index (χ3v) is 3.28. The Balaban J connectivity index is 1.91. The Bertz CT molecular complexity index is 523. The van der Waals surface area contributed by atoms with Crippen LogP contribution in [0.2, 0.25) is 0 Å². The van der Waals surface area contributed by atoms with Gasteiger partial charge in [-0.2, -0.15) is 0 Å². The number of halogens is 2. The third-order valence-electron chi connectivity index (χ3n) is 3.28. The SMILES string of the molecule is O=C(O)CCc1cccc(NC(=O)C2CC(F)(F)C2)c1. The molecule has 1 amide bonds. The maximum Gasteiger partial charge on any atom is 0.303 e. The van der Waals surface area contributed by atoms with Crippen LogP contribution in [0.4, 0.5) is 14.5 Å². The Hall–Kier alpha value is -1.98. The van der Waals surface area contributed by atoms with Gasteiger partial charge in [-0.25, -0.2) is 8.78 Å². The fourth-order valence-electron chi connectivity index (χ4n) is 2.15. The lowest BCUT2D eigenvalue weighted by Gasteiger charge is -2.33. The molecule has 6 heteroatoms. The van der Waals surface area contributed by atoms with Gasteiger partial charge in [0.05, 0.1) is 0 Å². The van der Waals surface area contributed by atoms with Gasteiger partial charge in [0, 0.05) is 30.9 Å². The van der Waals surface area contributed by atoms with E-state index in [1.807, 2.05) is 0 Å². The van der Waals surface area contributed by atoms with Gasteiger partial charge in [0.25, 0.3) is 0 Å². The van der Waals surface area contributed by atoms with E-state index in [1.165, 1.54) is 0 Å². The summed E-state index contributed by atoms with van der Waals surface area (Å²) in [5.41, 5.74) is 1.29. The fourth-order valence-corrected chi connectivity index (χ4v) is 2.15. The van der Waals surface area contributed by atoms with E-state index in [0.29, 0.717) is 12.1 Å². The van der Waals surface area contributed by atoms with Crippen molar-refractivity contribution in [2.75, 3.05) is 5.32 Å². The van der Waals surface area contributed by atoms with Crippen LogP contribution in [0.3, 0.4) is 0 Å². The van der Waals surface area contributed by atoms with Crippen molar-refractivity contribution in [1.29, 1.82) is 0 Å². The van der Waals surface area contributed by atoms with Crippen LogP contribution in [0.1, 0.15) is 24.8 Å². The number of carboxylic acid groups (broad SMARTS) is 1. The molecule has 0 bridgehead atoms. The number of carbonyl (C=O) groups excluding carboxylic acids is 1. The molecule has 108 valence electrons. The van der Waals surface area contributed by atoms with Gasteiger partial charge >= 0.3 is 5.97 Å². The fraction of sp³-hybridized carbons (Fsp3) is 0.429. The van der Waals surface area contributed by atoms with Crippen LogP contribution < -0.4 is 5.32 Å².